The first kappa shape index (κ1) is 15.8. The maximum absolute atomic E-state index is 11.6. The largest absolute Gasteiger partial charge is 0.272 e. The SMILES string of the molecule is O=C1CSC(N2N=C(c3ccc4ccccc4c3)CC2c2cccs2)=N1. The third-order valence-electron chi connectivity index (χ3n) is 4.61. The topological polar surface area (TPSA) is 45.0 Å². The van der Waals surface area contributed by atoms with Crippen LogP contribution in [0.1, 0.15) is 22.9 Å². The molecule has 0 fully saturated rings. The highest BCUT2D eigenvalue weighted by atomic mass is 32.2. The lowest BCUT2D eigenvalue weighted by atomic mass is 10.00. The van der Waals surface area contributed by atoms with Crippen LogP contribution >= 0.6 is 23.1 Å². The number of nitrogens with zero attached hydrogens (tertiary/aromatic N) is 3. The van der Waals surface area contributed by atoms with Gasteiger partial charge in [-0.05, 0) is 33.8 Å². The van der Waals surface area contributed by atoms with Crippen molar-refractivity contribution in [1.82, 2.24) is 5.01 Å². The van der Waals surface area contributed by atoms with E-state index in [0.717, 1.165) is 17.7 Å². The van der Waals surface area contributed by atoms with Crippen molar-refractivity contribution in [3.8, 4) is 0 Å². The zero-order valence-electron chi connectivity index (χ0n) is 13.8. The van der Waals surface area contributed by atoms with Crippen LogP contribution in [-0.2, 0) is 4.79 Å². The van der Waals surface area contributed by atoms with Gasteiger partial charge in [-0.25, -0.2) is 5.01 Å². The summed E-state index contributed by atoms with van der Waals surface area (Å²) in [6, 6.07) is 19.1. The van der Waals surface area contributed by atoms with Gasteiger partial charge in [0.15, 0.2) is 5.17 Å². The zero-order valence-corrected chi connectivity index (χ0v) is 15.5. The molecule has 5 rings (SSSR count). The summed E-state index contributed by atoms with van der Waals surface area (Å²) in [6.45, 7) is 0. The third kappa shape index (κ3) is 2.75. The smallest absolute Gasteiger partial charge is 0.258 e. The van der Waals surface area contributed by atoms with Crippen molar-refractivity contribution in [2.45, 2.75) is 12.5 Å². The second kappa shape index (κ2) is 6.37. The predicted molar refractivity (Wildman–Crippen MR) is 109 cm³/mol. The van der Waals surface area contributed by atoms with E-state index in [1.807, 2.05) is 5.01 Å². The Kier molecular flexibility index (Phi) is 3.87. The van der Waals surface area contributed by atoms with Gasteiger partial charge in [0.05, 0.1) is 17.5 Å². The summed E-state index contributed by atoms with van der Waals surface area (Å²) < 4.78 is 0. The summed E-state index contributed by atoms with van der Waals surface area (Å²) in [7, 11) is 0. The van der Waals surface area contributed by atoms with Gasteiger partial charge >= 0.3 is 0 Å². The van der Waals surface area contributed by atoms with Crippen molar-refractivity contribution >= 4 is 50.7 Å². The first-order valence-electron chi connectivity index (χ1n) is 8.41. The minimum atomic E-state index is -0.0794. The lowest BCUT2D eigenvalue weighted by Crippen LogP contribution is -2.23. The molecule has 6 heteroatoms. The first-order chi connectivity index (χ1) is 12.8. The molecule has 0 N–H and O–H groups in total. The minimum absolute atomic E-state index is 0.0794. The van der Waals surface area contributed by atoms with E-state index in [9.17, 15) is 4.79 Å². The molecule has 2 aliphatic heterocycles. The number of thiophene rings is 1. The van der Waals surface area contributed by atoms with E-state index in [1.54, 1.807) is 11.3 Å². The number of thioether (sulfide) groups is 1. The Bertz CT molecular complexity index is 1060. The lowest BCUT2D eigenvalue weighted by Gasteiger charge is -2.21. The number of fused-ring (bicyclic) bond motifs is 1. The number of hydrazone groups is 1. The summed E-state index contributed by atoms with van der Waals surface area (Å²) >= 11 is 3.19. The monoisotopic (exact) mass is 377 g/mol. The Morgan fingerprint density at radius 1 is 1.04 bits per heavy atom. The molecule has 0 saturated heterocycles. The predicted octanol–water partition coefficient (Wildman–Crippen LogP) is 4.68. The van der Waals surface area contributed by atoms with Gasteiger partial charge in [0.25, 0.3) is 5.91 Å². The van der Waals surface area contributed by atoms with E-state index < -0.39 is 0 Å². The maximum atomic E-state index is 11.6. The number of aliphatic imine (C=N–C) groups is 1. The molecule has 1 atom stereocenters. The van der Waals surface area contributed by atoms with Crippen LogP contribution in [0.15, 0.2) is 70.1 Å². The fraction of sp³-hybridized carbons (Fsp3) is 0.150. The number of benzene rings is 2. The minimum Gasteiger partial charge on any atom is -0.272 e. The van der Waals surface area contributed by atoms with Gasteiger partial charge in [-0.15, -0.1) is 11.3 Å². The third-order valence-corrected chi connectivity index (χ3v) is 6.51. The molecule has 0 spiro atoms. The summed E-state index contributed by atoms with van der Waals surface area (Å²) in [4.78, 5) is 17.0. The van der Waals surface area contributed by atoms with Crippen molar-refractivity contribution in [2.75, 3.05) is 5.75 Å². The van der Waals surface area contributed by atoms with Gasteiger partial charge in [-0.2, -0.15) is 10.1 Å². The second-order valence-corrected chi connectivity index (χ2v) is 8.19. The fourth-order valence-electron chi connectivity index (χ4n) is 3.35. The average molecular weight is 377 g/mol. The van der Waals surface area contributed by atoms with E-state index in [4.69, 9.17) is 5.10 Å². The molecule has 1 unspecified atom stereocenters. The van der Waals surface area contributed by atoms with E-state index >= 15 is 0 Å². The molecule has 2 aliphatic rings. The number of amidine groups is 1. The van der Waals surface area contributed by atoms with Gasteiger partial charge in [-0.1, -0.05) is 54.2 Å². The molecule has 1 amide bonds. The Hall–Kier alpha value is -2.44. The number of carbonyl (C=O) groups is 1. The van der Waals surface area contributed by atoms with Crippen LogP contribution in [0.5, 0.6) is 0 Å². The van der Waals surface area contributed by atoms with E-state index in [2.05, 4.69) is 65.0 Å². The van der Waals surface area contributed by atoms with Gasteiger partial charge in [0.1, 0.15) is 0 Å². The van der Waals surface area contributed by atoms with Crippen molar-refractivity contribution in [2.24, 2.45) is 10.1 Å². The summed E-state index contributed by atoms with van der Waals surface area (Å²) in [5.41, 5.74) is 2.17. The van der Waals surface area contributed by atoms with Crippen LogP contribution in [-0.4, -0.2) is 27.5 Å². The number of carbonyl (C=O) groups excluding carboxylic acids is 1. The van der Waals surface area contributed by atoms with E-state index in [0.29, 0.717) is 10.9 Å². The molecule has 0 saturated carbocycles. The zero-order chi connectivity index (χ0) is 17.5. The molecule has 0 radical (unpaired) electrons. The molecule has 4 nitrogen and oxygen atoms in total. The van der Waals surface area contributed by atoms with E-state index in [1.165, 1.54) is 27.4 Å². The first-order valence-corrected chi connectivity index (χ1v) is 10.3. The molecular formula is C20H15N3OS2. The molecule has 0 bridgehead atoms. The van der Waals surface area contributed by atoms with Gasteiger partial charge in [-0.3, -0.25) is 4.79 Å². The van der Waals surface area contributed by atoms with Crippen LogP contribution in [0.25, 0.3) is 10.8 Å². The Morgan fingerprint density at radius 2 is 1.92 bits per heavy atom. The van der Waals surface area contributed by atoms with Gasteiger partial charge < -0.3 is 0 Å². The van der Waals surface area contributed by atoms with Crippen molar-refractivity contribution in [3.63, 3.8) is 0 Å². The fourth-order valence-corrected chi connectivity index (χ4v) is 4.94. The van der Waals surface area contributed by atoms with Crippen molar-refractivity contribution < 1.29 is 4.79 Å². The summed E-state index contributed by atoms with van der Waals surface area (Å²) in [5, 5.41) is 12.0. The molecule has 0 aliphatic carbocycles. The normalized spacial score (nSPS) is 19.9. The van der Waals surface area contributed by atoms with Crippen LogP contribution in [0.2, 0.25) is 0 Å². The Balaban J connectivity index is 1.55. The van der Waals surface area contributed by atoms with Crippen LogP contribution in [0.3, 0.4) is 0 Å². The number of rotatable bonds is 2. The lowest BCUT2D eigenvalue weighted by molar-refractivity contribution is -0.115. The highest BCUT2D eigenvalue weighted by Gasteiger charge is 2.35. The molecule has 2 aromatic carbocycles. The molecular weight excluding hydrogens is 362 g/mol. The molecule has 3 heterocycles. The van der Waals surface area contributed by atoms with Gasteiger partial charge in [0.2, 0.25) is 0 Å². The summed E-state index contributed by atoms with van der Waals surface area (Å²) in [6.07, 6.45) is 0.812. The highest BCUT2D eigenvalue weighted by Crippen LogP contribution is 2.38. The number of hydrogen-bond acceptors (Lipinski definition) is 5. The molecule has 1 aromatic heterocycles. The Labute approximate surface area is 159 Å². The van der Waals surface area contributed by atoms with Gasteiger partial charge in [0, 0.05) is 11.3 Å². The average Bonchev–Trinajstić information content (AvgIpc) is 3.41. The van der Waals surface area contributed by atoms with Crippen LogP contribution in [0.4, 0.5) is 0 Å². The maximum Gasteiger partial charge on any atom is 0.258 e. The van der Waals surface area contributed by atoms with Crippen molar-refractivity contribution in [3.05, 3.63) is 70.4 Å². The number of amides is 1. The van der Waals surface area contributed by atoms with E-state index in [-0.39, 0.29) is 11.9 Å². The Morgan fingerprint density at radius 3 is 2.69 bits per heavy atom. The van der Waals surface area contributed by atoms with Crippen LogP contribution in [0, 0.1) is 0 Å². The quantitative estimate of drug-likeness (QED) is 0.651. The number of hydrogen-bond donors (Lipinski definition) is 0. The van der Waals surface area contributed by atoms with Crippen molar-refractivity contribution in [1.29, 1.82) is 0 Å². The standard InChI is InChI=1S/C20H15N3OS2/c24-19-12-26-20(21-19)23-17(18-6-3-9-25-18)11-16(22-23)15-8-7-13-4-1-2-5-14(13)10-15/h1-10,17H,11-12H2. The molecule has 3 aromatic rings. The molecule has 128 valence electrons. The molecule has 26 heavy (non-hydrogen) atoms. The highest BCUT2D eigenvalue weighted by molar-refractivity contribution is 8.14. The summed E-state index contributed by atoms with van der Waals surface area (Å²) in [5.74, 6) is 0.327. The van der Waals surface area contributed by atoms with Crippen LogP contribution < -0.4 is 0 Å². The second-order valence-electron chi connectivity index (χ2n) is 6.27.